The quantitative estimate of drug-likeness (QED) is 0.760. The van der Waals surface area contributed by atoms with Gasteiger partial charge in [0.1, 0.15) is 6.04 Å². The minimum Gasteiger partial charge on any atom is -0.368 e. The van der Waals surface area contributed by atoms with Gasteiger partial charge in [0, 0.05) is 13.1 Å². The summed E-state index contributed by atoms with van der Waals surface area (Å²) in [6, 6.07) is -0.377. The van der Waals surface area contributed by atoms with Gasteiger partial charge in [-0.15, -0.1) is 12.4 Å². The third-order valence-electron chi connectivity index (χ3n) is 3.76. The molecule has 0 aromatic carbocycles. The van der Waals surface area contributed by atoms with Crippen LogP contribution in [0.4, 0.5) is 0 Å². The Morgan fingerprint density at radius 3 is 2.56 bits per heavy atom. The summed E-state index contributed by atoms with van der Waals surface area (Å²) >= 11 is 0. The second kappa shape index (κ2) is 6.95. The van der Waals surface area contributed by atoms with Crippen molar-refractivity contribution in [1.29, 1.82) is 0 Å². The van der Waals surface area contributed by atoms with Crippen molar-refractivity contribution in [2.45, 2.75) is 38.1 Å². The fraction of sp³-hybridized carbons (Fsp3) is 0.833. The number of nitrogens with one attached hydrogen (secondary N) is 1. The average Bonchev–Trinajstić information content (AvgIpc) is 2.39. The molecule has 18 heavy (non-hydrogen) atoms. The molecule has 2 atom stereocenters. The normalized spacial score (nSPS) is 28.3. The van der Waals surface area contributed by atoms with Crippen molar-refractivity contribution in [3.05, 3.63) is 0 Å². The summed E-state index contributed by atoms with van der Waals surface area (Å²) in [6.07, 6.45) is 4.65. The molecule has 0 aliphatic carbocycles. The zero-order valence-electron chi connectivity index (χ0n) is 10.6. The van der Waals surface area contributed by atoms with Crippen LogP contribution in [0.3, 0.4) is 0 Å². The second-order valence-electron chi connectivity index (χ2n) is 4.99. The molecule has 0 radical (unpaired) electrons. The Morgan fingerprint density at radius 2 is 1.94 bits per heavy atom. The predicted octanol–water partition coefficient (Wildman–Crippen LogP) is 0.274. The molecule has 2 aliphatic heterocycles. The van der Waals surface area contributed by atoms with Crippen LogP contribution in [-0.4, -0.2) is 42.4 Å². The van der Waals surface area contributed by atoms with Gasteiger partial charge in [0.2, 0.25) is 11.8 Å². The SMILES string of the molecule is Cl.NC(=O)C1CCCCN1C(=O)C1CCCNC1. The number of nitrogens with two attached hydrogens (primary N) is 1. The van der Waals surface area contributed by atoms with Crippen molar-refractivity contribution in [3.8, 4) is 0 Å². The smallest absolute Gasteiger partial charge is 0.240 e. The minimum atomic E-state index is -0.377. The minimum absolute atomic E-state index is 0. The lowest BCUT2D eigenvalue weighted by molar-refractivity contribution is -0.144. The van der Waals surface area contributed by atoms with E-state index in [4.69, 9.17) is 5.73 Å². The molecule has 2 fully saturated rings. The Kier molecular flexibility index (Phi) is 5.88. The van der Waals surface area contributed by atoms with E-state index in [9.17, 15) is 9.59 Å². The van der Waals surface area contributed by atoms with Crippen LogP contribution in [-0.2, 0) is 9.59 Å². The molecule has 2 saturated heterocycles. The number of carbonyl (C=O) groups is 2. The van der Waals surface area contributed by atoms with E-state index in [0.717, 1.165) is 45.2 Å². The van der Waals surface area contributed by atoms with Crippen molar-refractivity contribution in [2.24, 2.45) is 11.7 Å². The maximum absolute atomic E-state index is 12.3. The molecular weight excluding hydrogens is 254 g/mol. The summed E-state index contributed by atoms with van der Waals surface area (Å²) < 4.78 is 0. The highest BCUT2D eigenvalue weighted by atomic mass is 35.5. The van der Waals surface area contributed by atoms with E-state index >= 15 is 0 Å². The fourth-order valence-corrected chi connectivity index (χ4v) is 2.79. The highest BCUT2D eigenvalue weighted by Gasteiger charge is 2.34. The third-order valence-corrected chi connectivity index (χ3v) is 3.76. The molecule has 2 unspecified atom stereocenters. The van der Waals surface area contributed by atoms with Gasteiger partial charge in [0.05, 0.1) is 5.92 Å². The molecule has 6 heteroatoms. The van der Waals surface area contributed by atoms with Crippen LogP contribution < -0.4 is 11.1 Å². The number of amides is 2. The first-order chi connectivity index (χ1) is 8.20. The van der Waals surface area contributed by atoms with Gasteiger partial charge in [0.15, 0.2) is 0 Å². The van der Waals surface area contributed by atoms with Crippen molar-refractivity contribution >= 4 is 24.2 Å². The number of piperidine rings is 2. The molecule has 104 valence electrons. The fourth-order valence-electron chi connectivity index (χ4n) is 2.79. The van der Waals surface area contributed by atoms with Crippen molar-refractivity contribution in [3.63, 3.8) is 0 Å². The largest absolute Gasteiger partial charge is 0.368 e. The number of likely N-dealkylation sites (tertiary alicyclic amines) is 1. The number of halogens is 1. The highest BCUT2D eigenvalue weighted by Crippen LogP contribution is 2.21. The van der Waals surface area contributed by atoms with E-state index in [1.807, 2.05) is 0 Å². The van der Waals surface area contributed by atoms with Crippen LogP contribution in [0, 0.1) is 5.92 Å². The first-order valence-corrected chi connectivity index (χ1v) is 6.50. The lowest BCUT2D eigenvalue weighted by Crippen LogP contribution is -2.54. The second-order valence-corrected chi connectivity index (χ2v) is 4.99. The standard InChI is InChI=1S/C12H21N3O2.ClH/c13-11(16)10-5-1-2-7-15(10)12(17)9-4-3-6-14-8-9;/h9-10,14H,1-8H2,(H2,13,16);1H. The molecular formula is C12H22ClN3O2. The van der Waals surface area contributed by atoms with Gasteiger partial charge >= 0.3 is 0 Å². The first kappa shape index (κ1) is 15.2. The van der Waals surface area contributed by atoms with Crippen LogP contribution in [0.1, 0.15) is 32.1 Å². The predicted molar refractivity (Wildman–Crippen MR) is 71.4 cm³/mol. The van der Waals surface area contributed by atoms with Crippen LogP contribution in [0.15, 0.2) is 0 Å². The van der Waals surface area contributed by atoms with Gasteiger partial charge in [0.25, 0.3) is 0 Å². The van der Waals surface area contributed by atoms with Gasteiger partial charge in [-0.3, -0.25) is 9.59 Å². The maximum atomic E-state index is 12.3. The van der Waals surface area contributed by atoms with Gasteiger partial charge in [-0.05, 0) is 38.6 Å². The lowest BCUT2D eigenvalue weighted by Gasteiger charge is -2.37. The third kappa shape index (κ3) is 3.36. The Balaban J connectivity index is 0.00000162. The van der Waals surface area contributed by atoms with Gasteiger partial charge in [-0.25, -0.2) is 0 Å². The molecule has 2 amide bonds. The van der Waals surface area contributed by atoms with E-state index in [1.165, 1.54) is 0 Å². The zero-order chi connectivity index (χ0) is 12.3. The van der Waals surface area contributed by atoms with Crippen molar-refractivity contribution < 1.29 is 9.59 Å². The van der Waals surface area contributed by atoms with Crippen LogP contribution in [0.5, 0.6) is 0 Å². The lowest BCUT2D eigenvalue weighted by atomic mass is 9.94. The summed E-state index contributed by atoms with van der Waals surface area (Å²) in [5.41, 5.74) is 5.38. The van der Waals surface area contributed by atoms with Crippen LogP contribution >= 0.6 is 12.4 Å². The zero-order valence-corrected chi connectivity index (χ0v) is 11.4. The Morgan fingerprint density at radius 1 is 1.17 bits per heavy atom. The van der Waals surface area contributed by atoms with E-state index < -0.39 is 0 Å². The molecule has 5 nitrogen and oxygen atoms in total. The topological polar surface area (TPSA) is 75.4 Å². The van der Waals surface area contributed by atoms with E-state index in [2.05, 4.69) is 5.32 Å². The van der Waals surface area contributed by atoms with Gasteiger partial charge in [-0.2, -0.15) is 0 Å². The summed E-state index contributed by atoms with van der Waals surface area (Å²) in [7, 11) is 0. The van der Waals surface area contributed by atoms with Crippen LogP contribution in [0.2, 0.25) is 0 Å². The molecule has 2 aliphatic rings. The summed E-state index contributed by atoms with van der Waals surface area (Å²) in [6.45, 7) is 2.41. The van der Waals surface area contributed by atoms with E-state index in [-0.39, 0.29) is 36.2 Å². The molecule has 0 spiro atoms. The first-order valence-electron chi connectivity index (χ1n) is 6.50. The maximum Gasteiger partial charge on any atom is 0.240 e. The summed E-state index contributed by atoms with van der Waals surface area (Å²) in [5.74, 6) is -0.216. The number of carbonyl (C=O) groups excluding carboxylic acids is 2. The van der Waals surface area contributed by atoms with Gasteiger partial charge < -0.3 is 16.0 Å². The molecule has 0 aromatic rings. The Bertz CT molecular complexity index is 306. The Labute approximate surface area is 114 Å². The summed E-state index contributed by atoms with van der Waals surface area (Å²) in [5, 5.41) is 3.24. The van der Waals surface area contributed by atoms with Gasteiger partial charge in [-0.1, -0.05) is 0 Å². The number of hydrogen-bond acceptors (Lipinski definition) is 3. The average molecular weight is 276 g/mol. The Hall–Kier alpha value is -0.810. The van der Waals surface area contributed by atoms with Crippen molar-refractivity contribution in [2.75, 3.05) is 19.6 Å². The number of primary amides is 1. The molecule has 0 aromatic heterocycles. The van der Waals surface area contributed by atoms with Crippen molar-refractivity contribution in [1.82, 2.24) is 10.2 Å². The van der Waals surface area contributed by atoms with E-state index in [0.29, 0.717) is 6.54 Å². The number of rotatable bonds is 2. The molecule has 0 saturated carbocycles. The molecule has 3 N–H and O–H groups in total. The number of hydrogen-bond donors (Lipinski definition) is 2. The van der Waals surface area contributed by atoms with E-state index in [1.54, 1.807) is 4.90 Å². The molecule has 0 bridgehead atoms. The van der Waals surface area contributed by atoms with Crippen LogP contribution in [0.25, 0.3) is 0 Å². The summed E-state index contributed by atoms with van der Waals surface area (Å²) in [4.78, 5) is 25.4. The number of nitrogens with zero attached hydrogens (tertiary/aromatic N) is 1. The highest BCUT2D eigenvalue weighted by molar-refractivity contribution is 5.88. The molecule has 2 rings (SSSR count). The molecule has 2 heterocycles. The monoisotopic (exact) mass is 275 g/mol.